The second-order valence-corrected chi connectivity index (χ2v) is 6.73. The zero-order valence-corrected chi connectivity index (χ0v) is 13.1. The van der Waals surface area contributed by atoms with E-state index in [9.17, 15) is 4.79 Å². The third-order valence-corrected chi connectivity index (χ3v) is 3.25. The van der Waals surface area contributed by atoms with E-state index in [2.05, 4.69) is 24.3 Å². The Kier molecular flexibility index (Phi) is 5.66. The molecular formula is C15H11Cl2OTi-. The molecule has 96 valence electrons. The third-order valence-electron chi connectivity index (χ3n) is 3.25. The van der Waals surface area contributed by atoms with Gasteiger partial charge in [0, 0.05) is 0 Å². The third kappa shape index (κ3) is 3.12. The van der Waals surface area contributed by atoms with Crippen molar-refractivity contribution in [3.63, 3.8) is 0 Å². The van der Waals surface area contributed by atoms with E-state index in [1.807, 2.05) is 30.6 Å². The molecule has 0 aliphatic heterocycles. The van der Waals surface area contributed by atoms with Crippen LogP contribution >= 0.6 is 18.6 Å². The number of rotatable bonds is 2. The summed E-state index contributed by atoms with van der Waals surface area (Å²) in [7, 11) is 9.78. The van der Waals surface area contributed by atoms with Gasteiger partial charge >= 0.3 is 35.6 Å². The van der Waals surface area contributed by atoms with Crippen LogP contribution in [0.1, 0.15) is 23.5 Å². The minimum absolute atomic E-state index is 0.199. The molecule has 0 saturated carbocycles. The van der Waals surface area contributed by atoms with E-state index in [1.54, 1.807) is 0 Å². The molecule has 2 aromatic rings. The SMILES string of the molecule is O=[C-]CC1c2ccccc2-c2ccccc21.[Cl][Ti][Cl]. The van der Waals surface area contributed by atoms with Crippen LogP contribution in [0, 0.1) is 0 Å². The van der Waals surface area contributed by atoms with E-state index in [4.69, 9.17) is 18.6 Å². The van der Waals surface area contributed by atoms with Gasteiger partial charge in [0.2, 0.25) is 0 Å². The molecule has 0 bridgehead atoms. The van der Waals surface area contributed by atoms with Crippen molar-refractivity contribution in [2.24, 2.45) is 0 Å². The van der Waals surface area contributed by atoms with E-state index in [0.29, 0.717) is 6.42 Å². The molecule has 0 spiro atoms. The van der Waals surface area contributed by atoms with Crippen molar-refractivity contribution in [2.75, 3.05) is 0 Å². The number of hydrogen-bond donors (Lipinski definition) is 0. The fourth-order valence-corrected chi connectivity index (χ4v) is 2.56. The van der Waals surface area contributed by atoms with Crippen molar-refractivity contribution in [2.45, 2.75) is 12.3 Å². The summed E-state index contributed by atoms with van der Waals surface area (Å²) in [6, 6.07) is 16.6. The first-order chi connectivity index (χ1) is 9.33. The predicted molar refractivity (Wildman–Crippen MR) is 75.7 cm³/mol. The second-order valence-electron chi connectivity index (χ2n) is 4.15. The van der Waals surface area contributed by atoms with Crippen LogP contribution in [-0.2, 0) is 21.8 Å². The summed E-state index contributed by atoms with van der Waals surface area (Å²) < 4.78 is 0. The number of carbonyl (C=O) groups excluding carboxylic acids is 1. The molecule has 0 N–H and O–H groups in total. The van der Waals surface area contributed by atoms with E-state index in [1.165, 1.54) is 22.3 Å². The molecule has 0 radical (unpaired) electrons. The van der Waals surface area contributed by atoms with Gasteiger partial charge in [-0.25, -0.2) is 0 Å². The fraction of sp³-hybridized carbons (Fsp3) is 0.133. The molecule has 3 rings (SSSR count). The Balaban J connectivity index is 0.000000408. The Hall–Kier alpha value is -0.596. The summed E-state index contributed by atoms with van der Waals surface area (Å²) in [4.78, 5) is 10.7. The summed E-state index contributed by atoms with van der Waals surface area (Å²) in [6.07, 6.45) is 2.49. The van der Waals surface area contributed by atoms with Crippen LogP contribution in [0.2, 0.25) is 0 Å². The van der Waals surface area contributed by atoms with Crippen LogP contribution < -0.4 is 0 Å². The first kappa shape index (κ1) is 14.8. The number of halogens is 2. The van der Waals surface area contributed by atoms with E-state index in [-0.39, 0.29) is 5.92 Å². The molecule has 0 heterocycles. The monoisotopic (exact) mass is 325 g/mol. The Morgan fingerprint density at radius 3 is 1.79 bits per heavy atom. The van der Waals surface area contributed by atoms with Crippen LogP contribution in [0.3, 0.4) is 0 Å². The zero-order valence-electron chi connectivity index (χ0n) is 10.1. The maximum atomic E-state index is 10.7. The van der Waals surface area contributed by atoms with E-state index in [0.717, 1.165) is 0 Å². The zero-order chi connectivity index (χ0) is 13.7. The van der Waals surface area contributed by atoms with Crippen molar-refractivity contribution in [3.8, 4) is 11.1 Å². The molecule has 0 aromatic heterocycles. The number of fused-ring (bicyclic) bond motifs is 3. The van der Waals surface area contributed by atoms with Gasteiger partial charge in [-0.2, -0.15) is 0 Å². The fourth-order valence-electron chi connectivity index (χ4n) is 2.56. The number of benzene rings is 2. The summed E-state index contributed by atoms with van der Waals surface area (Å²) in [5.41, 5.74) is 5.04. The molecule has 0 amide bonds. The van der Waals surface area contributed by atoms with Gasteiger partial charge in [0.15, 0.2) is 0 Å². The maximum absolute atomic E-state index is 10.7. The molecule has 4 heteroatoms. The normalized spacial score (nSPS) is 11.9. The van der Waals surface area contributed by atoms with Gasteiger partial charge in [0.05, 0.1) is 0 Å². The van der Waals surface area contributed by atoms with Gasteiger partial charge in [-0.1, -0.05) is 48.5 Å². The van der Waals surface area contributed by atoms with Gasteiger partial charge in [0.1, 0.15) is 0 Å². The van der Waals surface area contributed by atoms with E-state index < -0.39 is 17.0 Å². The Morgan fingerprint density at radius 2 is 1.37 bits per heavy atom. The van der Waals surface area contributed by atoms with Crippen molar-refractivity contribution in [3.05, 3.63) is 59.7 Å². The average Bonchev–Trinajstić information content (AvgIpc) is 2.76. The number of hydrogen-bond acceptors (Lipinski definition) is 1. The molecule has 0 unspecified atom stereocenters. The Labute approximate surface area is 129 Å². The van der Waals surface area contributed by atoms with Crippen molar-refractivity contribution in [1.29, 1.82) is 0 Å². The van der Waals surface area contributed by atoms with Crippen LogP contribution in [0.15, 0.2) is 48.5 Å². The summed E-state index contributed by atoms with van der Waals surface area (Å²) in [6.45, 7) is 0. The molecular weight excluding hydrogens is 315 g/mol. The van der Waals surface area contributed by atoms with Crippen LogP contribution in [0.5, 0.6) is 0 Å². The van der Waals surface area contributed by atoms with Crippen molar-refractivity contribution < 1.29 is 21.8 Å². The van der Waals surface area contributed by atoms with Crippen molar-refractivity contribution in [1.82, 2.24) is 0 Å². The first-order valence-corrected chi connectivity index (χ1v) is 10.1. The summed E-state index contributed by atoms with van der Waals surface area (Å²) in [5.74, 6) is 0.199. The summed E-state index contributed by atoms with van der Waals surface area (Å²) in [5, 5.41) is 0. The van der Waals surface area contributed by atoms with Gasteiger partial charge in [-0.15, -0.1) is 6.42 Å². The second kappa shape index (κ2) is 7.26. The van der Waals surface area contributed by atoms with Gasteiger partial charge < -0.3 is 4.79 Å². The van der Waals surface area contributed by atoms with Gasteiger partial charge in [-0.05, 0) is 28.2 Å². The van der Waals surface area contributed by atoms with Crippen LogP contribution in [-0.4, -0.2) is 6.29 Å². The first-order valence-electron chi connectivity index (χ1n) is 5.83. The molecule has 1 aliphatic rings. The molecule has 1 aliphatic carbocycles. The van der Waals surface area contributed by atoms with Gasteiger partial charge in [0.25, 0.3) is 0 Å². The topological polar surface area (TPSA) is 17.1 Å². The van der Waals surface area contributed by atoms with E-state index >= 15 is 0 Å². The van der Waals surface area contributed by atoms with Gasteiger partial charge in [-0.3, -0.25) is 6.29 Å². The molecule has 0 atom stereocenters. The molecule has 0 fully saturated rings. The quantitative estimate of drug-likeness (QED) is 0.579. The molecule has 19 heavy (non-hydrogen) atoms. The minimum atomic E-state index is -0.556. The molecule has 0 saturated heterocycles. The van der Waals surface area contributed by atoms with Crippen molar-refractivity contribution >= 4 is 24.9 Å². The predicted octanol–water partition coefficient (Wildman–Crippen LogP) is 4.68. The molecule has 2 aromatic carbocycles. The summed E-state index contributed by atoms with van der Waals surface area (Å²) >= 11 is -0.556. The Morgan fingerprint density at radius 1 is 0.947 bits per heavy atom. The standard InChI is InChI=1S/C15H11O.2ClH.Ti/c16-10-9-15-13-7-3-1-5-11(13)12-6-2-4-8-14(12)15;;;/h1-8,15H,9H2;2*1H;/q-1;;;+2/p-2. The molecule has 1 nitrogen and oxygen atoms in total. The Bertz CT molecular complexity index is 526. The van der Waals surface area contributed by atoms with Crippen LogP contribution in [0.4, 0.5) is 0 Å². The van der Waals surface area contributed by atoms with Crippen LogP contribution in [0.25, 0.3) is 11.1 Å². The average molecular weight is 326 g/mol.